The van der Waals surface area contributed by atoms with Crippen molar-refractivity contribution in [1.29, 1.82) is 0 Å². The normalized spacial score (nSPS) is 11.1. The van der Waals surface area contributed by atoms with Gasteiger partial charge in [0.25, 0.3) is 0 Å². The third-order valence-electron chi connectivity index (χ3n) is 4.94. The van der Waals surface area contributed by atoms with E-state index >= 15 is 0 Å². The molecule has 0 atom stereocenters. The Bertz CT molecular complexity index is 969. The monoisotopic (exact) mass is 818 g/mol. The lowest BCUT2D eigenvalue weighted by molar-refractivity contribution is 0.924. The zero-order valence-electron chi connectivity index (χ0n) is 16.0. The Morgan fingerprint density at radius 2 is 1.07 bits per heavy atom. The summed E-state index contributed by atoms with van der Waals surface area (Å²) in [5.41, 5.74) is 8.52. The van der Waals surface area contributed by atoms with Crippen molar-refractivity contribution in [2.45, 2.75) is 39.5 Å². The highest BCUT2D eigenvalue weighted by molar-refractivity contribution is 14.1. The number of rotatable bonds is 6. The lowest BCUT2D eigenvalue weighted by Crippen LogP contribution is -2.00. The van der Waals surface area contributed by atoms with Gasteiger partial charge in [-0.05, 0) is 182 Å². The molecule has 0 aliphatic carbocycles. The van der Waals surface area contributed by atoms with E-state index in [9.17, 15) is 0 Å². The summed E-state index contributed by atoms with van der Waals surface area (Å²) in [4.78, 5) is 0. The van der Waals surface area contributed by atoms with Crippen LogP contribution in [0, 0.1) is 28.1 Å². The van der Waals surface area contributed by atoms with Crippen LogP contribution in [0.2, 0.25) is 0 Å². The second kappa shape index (κ2) is 10.7. The molecular formula is C24H22I4. The van der Waals surface area contributed by atoms with Crippen LogP contribution in [-0.2, 0) is 25.7 Å². The van der Waals surface area contributed by atoms with Crippen LogP contribution in [0.4, 0.5) is 0 Å². The van der Waals surface area contributed by atoms with E-state index in [1.807, 2.05) is 0 Å². The topological polar surface area (TPSA) is 0 Å². The fourth-order valence-corrected chi connectivity index (χ4v) is 7.72. The van der Waals surface area contributed by atoms with E-state index in [0.717, 1.165) is 25.7 Å². The predicted octanol–water partition coefficient (Wildman–Crippen LogP) is 8.29. The highest BCUT2D eigenvalue weighted by atomic mass is 127. The van der Waals surface area contributed by atoms with Gasteiger partial charge in [-0.15, -0.1) is 0 Å². The van der Waals surface area contributed by atoms with Gasteiger partial charge in [0.15, 0.2) is 0 Å². The standard InChI is InChI=1S/C24H22I4/c1-15-3-6-18(21(25)11-15)8-9-19-7-4-17(14-22(19)26)5-10-20-23(27)12-16(2)13-24(20)28/h3-4,6-7,11-14H,5,8-10H2,1-2H3. The lowest BCUT2D eigenvalue weighted by Gasteiger charge is -2.11. The van der Waals surface area contributed by atoms with Crippen LogP contribution in [0.25, 0.3) is 0 Å². The molecule has 0 fully saturated rings. The summed E-state index contributed by atoms with van der Waals surface area (Å²) in [5.74, 6) is 0. The van der Waals surface area contributed by atoms with Crippen molar-refractivity contribution in [1.82, 2.24) is 0 Å². The first-order chi connectivity index (χ1) is 13.3. The Morgan fingerprint density at radius 3 is 1.64 bits per heavy atom. The summed E-state index contributed by atoms with van der Waals surface area (Å²) in [5, 5.41) is 0. The van der Waals surface area contributed by atoms with Crippen LogP contribution >= 0.6 is 90.4 Å². The van der Waals surface area contributed by atoms with Gasteiger partial charge in [-0.3, -0.25) is 0 Å². The van der Waals surface area contributed by atoms with Crippen LogP contribution in [0.1, 0.15) is 33.4 Å². The van der Waals surface area contributed by atoms with Gasteiger partial charge >= 0.3 is 0 Å². The SMILES string of the molecule is Cc1ccc(CCc2ccc(CCc3c(I)cc(C)cc3I)cc2I)c(I)c1. The molecular weight excluding hydrogens is 796 g/mol. The van der Waals surface area contributed by atoms with E-state index in [2.05, 4.69) is 153 Å². The predicted molar refractivity (Wildman–Crippen MR) is 154 cm³/mol. The second-order valence-electron chi connectivity index (χ2n) is 7.23. The van der Waals surface area contributed by atoms with Gasteiger partial charge in [0.1, 0.15) is 0 Å². The summed E-state index contributed by atoms with van der Waals surface area (Å²) < 4.78 is 5.55. The van der Waals surface area contributed by atoms with Gasteiger partial charge in [0.05, 0.1) is 0 Å². The average molecular weight is 818 g/mol. The van der Waals surface area contributed by atoms with Crippen LogP contribution in [0.5, 0.6) is 0 Å². The van der Waals surface area contributed by atoms with Gasteiger partial charge in [0, 0.05) is 14.3 Å². The van der Waals surface area contributed by atoms with Crippen LogP contribution in [0.15, 0.2) is 48.5 Å². The molecule has 0 aliphatic rings. The van der Waals surface area contributed by atoms with Gasteiger partial charge in [-0.2, -0.15) is 0 Å². The molecule has 0 spiro atoms. The number of hydrogen-bond acceptors (Lipinski definition) is 0. The first kappa shape index (κ1) is 23.2. The molecule has 0 amide bonds. The molecule has 3 aromatic rings. The molecule has 0 radical (unpaired) electrons. The minimum atomic E-state index is 1.10. The maximum atomic E-state index is 2.51. The molecule has 146 valence electrons. The number of benzene rings is 3. The van der Waals surface area contributed by atoms with Crippen molar-refractivity contribution in [3.63, 3.8) is 0 Å². The van der Waals surface area contributed by atoms with Crippen molar-refractivity contribution < 1.29 is 0 Å². The average Bonchev–Trinajstić information content (AvgIpc) is 2.61. The fraction of sp³-hybridized carbons (Fsp3) is 0.250. The summed E-state index contributed by atoms with van der Waals surface area (Å²) in [6.45, 7) is 4.33. The van der Waals surface area contributed by atoms with Crippen molar-refractivity contribution in [3.8, 4) is 0 Å². The third kappa shape index (κ3) is 6.29. The van der Waals surface area contributed by atoms with Gasteiger partial charge in [0.2, 0.25) is 0 Å². The molecule has 3 rings (SSSR count). The van der Waals surface area contributed by atoms with Crippen molar-refractivity contribution in [2.24, 2.45) is 0 Å². The summed E-state index contributed by atoms with van der Waals surface area (Å²) >= 11 is 9.93. The molecule has 0 unspecified atom stereocenters. The van der Waals surface area contributed by atoms with Crippen LogP contribution in [0.3, 0.4) is 0 Å². The first-order valence-corrected chi connectivity index (χ1v) is 13.6. The van der Waals surface area contributed by atoms with E-state index in [-0.39, 0.29) is 0 Å². The zero-order chi connectivity index (χ0) is 20.3. The van der Waals surface area contributed by atoms with E-state index in [1.165, 1.54) is 47.7 Å². The molecule has 28 heavy (non-hydrogen) atoms. The van der Waals surface area contributed by atoms with Crippen molar-refractivity contribution >= 4 is 90.4 Å². The Balaban J connectivity index is 1.65. The van der Waals surface area contributed by atoms with Crippen molar-refractivity contribution in [2.75, 3.05) is 0 Å². The summed E-state index contributed by atoms with van der Waals surface area (Å²) in [7, 11) is 0. The van der Waals surface area contributed by atoms with Gasteiger partial charge in [-0.25, -0.2) is 0 Å². The minimum absolute atomic E-state index is 1.10. The molecule has 0 saturated carbocycles. The highest BCUT2D eigenvalue weighted by Crippen LogP contribution is 2.24. The Morgan fingerprint density at radius 1 is 0.536 bits per heavy atom. The van der Waals surface area contributed by atoms with Crippen molar-refractivity contribution in [3.05, 3.63) is 96.2 Å². The third-order valence-corrected chi connectivity index (χ3v) is 8.87. The Labute approximate surface area is 223 Å². The second-order valence-corrected chi connectivity index (χ2v) is 11.9. The number of halogens is 4. The smallest absolute Gasteiger partial charge is 0.0175 e. The zero-order valence-corrected chi connectivity index (χ0v) is 24.6. The van der Waals surface area contributed by atoms with Crippen LogP contribution in [-0.4, -0.2) is 0 Å². The Hall–Kier alpha value is 0.580. The molecule has 0 bridgehead atoms. The van der Waals surface area contributed by atoms with E-state index in [0.29, 0.717) is 0 Å². The maximum Gasteiger partial charge on any atom is 0.0175 e. The lowest BCUT2D eigenvalue weighted by atomic mass is 9.99. The van der Waals surface area contributed by atoms with Gasteiger partial charge in [-0.1, -0.05) is 29.8 Å². The molecule has 3 aromatic carbocycles. The fourth-order valence-electron chi connectivity index (χ4n) is 3.31. The quantitative estimate of drug-likeness (QED) is 0.220. The largest absolute Gasteiger partial charge is 0.0590 e. The molecule has 0 nitrogen and oxygen atoms in total. The summed E-state index contributed by atoms with van der Waals surface area (Å²) in [6, 6.07) is 18.4. The van der Waals surface area contributed by atoms with E-state index < -0.39 is 0 Å². The molecule has 0 N–H and O–H groups in total. The van der Waals surface area contributed by atoms with Gasteiger partial charge < -0.3 is 0 Å². The van der Waals surface area contributed by atoms with Crippen LogP contribution < -0.4 is 0 Å². The first-order valence-electron chi connectivity index (χ1n) is 9.30. The minimum Gasteiger partial charge on any atom is -0.0590 e. The maximum absolute atomic E-state index is 2.51. The molecule has 0 saturated heterocycles. The van der Waals surface area contributed by atoms with E-state index in [1.54, 1.807) is 0 Å². The highest BCUT2D eigenvalue weighted by Gasteiger charge is 2.09. The number of hydrogen-bond donors (Lipinski definition) is 0. The molecule has 0 aromatic heterocycles. The summed E-state index contributed by atoms with van der Waals surface area (Å²) in [6.07, 6.45) is 4.41. The molecule has 0 aliphatic heterocycles. The Kier molecular flexibility index (Phi) is 8.92. The number of aryl methyl sites for hydroxylation is 5. The molecule has 4 heteroatoms. The molecule has 0 heterocycles. The van der Waals surface area contributed by atoms with E-state index in [4.69, 9.17) is 0 Å².